The Morgan fingerprint density at radius 2 is 1.59 bits per heavy atom. The topological polar surface area (TPSA) is 107 Å². The van der Waals surface area contributed by atoms with E-state index in [0.717, 1.165) is 75.6 Å². The summed E-state index contributed by atoms with van der Waals surface area (Å²) in [6, 6.07) is 8.00. The summed E-state index contributed by atoms with van der Waals surface area (Å²) in [5, 5.41) is 22.9. The average Bonchev–Trinajstić information content (AvgIpc) is 3.42. The van der Waals surface area contributed by atoms with Crippen molar-refractivity contribution in [3.8, 4) is 0 Å². The molecule has 5 aliphatic rings. The number of Topliss-reactive ketones (excluding diaryl/α,β-unsaturated/α-hetero) is 1. The number of carbonyl (C=O) groups is 3. The summed E-state index contributed by atoms with van der Waals surface area (Å²) in [6.07, 6.45) is 7.32. The molecular weight excluding hydrogens is 724 g/mol. The van der Waals surface area contributed by atoms with Gasteiger partial charge in [-0.3, -0.25) is 19.3 Å². The molecular formula is C47H71ClN2O6. The number of fused-ring (bicyclic) bond motifs is 7. The number of carbonyl (C=O) groups excluding carboxylic acids is 2. The molecule has 2 N–H and O–H groups in total. The average molecular weight is 796 g/mol. The zero-order valence-corrected chi connectivity index (χ0v) is 36.8. The smallest absolute Gasteiger partial charge is 0.309 e. The van der Waals surface area contributed by atoms with Crippen LogP contribution in [0, 0.1) is 56.7 Å². The van der Waals surface area contributed by atoms with E-state index in [1.165, 1.54) is 5.57 Å². The molecule has 9 unspecified atom stereocenters. The monoisotopic (exact) mass is 795 g/mol. The zero-order valence-electron chi connectivity index (χ0n) is 36.1. The minimum Gasteiger partial charge on any atom is -0.481 e. The van der Waals surface area contributed by atoms with Crippen molar-refractivity contribution in [3.63, 3.8) is 0 Å². The van der Waals surface area contributed by atoms with Crippen molar-refractivity contribution < 1.29 is 29.3 Å². The van der Waals surface area contributed by atoms with E-state index in [1.807, 2.05) is 12.1 Å². The number of benzene rings is 1. The van der Waals surface area contributed by atoms with E-state index < -0.39 is 28.9 Å². The summed E-state index contributed by atoms with van der Waals surface area (Å²) < 4.78 is 6.18. The van der Waals surface area contributed by atoms with Crippen molar-refractivity contribution in [3.05, 3.63) is 46.0 Å². The Morgan fingerprint density at radius 3 is 2.21 bits per heavy atom. The van der Waals surface area contributed by atoms with Crippen LogP contribution in [0.1, 0.15) is 125 Å². The first kappa shape index (κ1) is 43.3. The van der Waals surface area contributed by atoms with Gasteiger partial charge in [0.1, 0.15) is 6.10 Å². The summed E-state index contributed by atoms with van der Waals surface area (Å²) in [5.41, 5.74) is 1.72. The minimum absolute atomic E-state index is 0.0775. The van der Waals surface area contributed by atoms with Gasteiger partial charge in [0, 0.05) is 48.5 Å². The Labute approximate surface area is 342 Å². The van der Waals surface area contributed by atoms with Gasteiger partial charge in [0.25, 0.3) is 0 Å². The second-order valence-corrected chi connectivity index (χ2v) is 21.5. The predicted octanol–water partition coefficient (Wildman–Crippen LogP) is 9.07. The van der Waals surface area contributed by atoms with Gasteiger partial charge in [-0.25, -0.2) is 0 Å². The number of carboxylic acid groups (broad SMARTS) is 1. The van der Waals surface area contributed by atoms with E-state index in [2.05, 4.69) is 77.6 Å². The number of hydrogen-bond donors (Lipinski definition) is 2. The summed E-state index contributed by atoms with van der Waals surface area (Å²) in [5.74, 6) is 0.577. The number of halogens is 1. The Hall–Kier alpha value is -2.26. The van der Waals surface area contributed by atoms with Crippen molar-refractivity contribution in [1.29, 1.82) is 0 Å². The van der Waals surface area contributed by atoms with Crippen LogP contribution in [-0.4, -0.2) is 83.7 Å². The number of aliphatic carboxylic acids is 1. The highest BCUT2D eigenvalue weighted by molar-refractivity contribution is 6.30. The van der Waals surface area contributed by atoms with Crippen LogP contribution in [0.2, 0.25) is 5.02 Å². The van der Waals surface area contributed by atoms with Gasteiger partial charge in [0.05, 0.1) is 17.9 Å². The van der Waals surface area contributed by atoms with Gasteiger partial charge in [0.2, 0.25) is 0 Å². The second-order valence-electron chi connectivity index (χ2n) is 21.1. The highest BCUT2D eigenvalue weighted by atomic mass is 35.5. The molecule has 0 spiro atoms. The number of rotatable bonds is 13. The van der Waals surface area contributed by atoms with Crippen LogP contribution in [0.3, 0.4) is 0 Å². The number of ketones is 1. The van der Waals surface area contributed by atoms with Crippen LogP contribution in [0.15, 0.2) is 35.4 Å². The largest absolute Gasteiger partial charge is 0.481 e. The van der Waals surface area contributed by atoms with E-state index >= 15 is 0 Å². The summed E-state index contributed by atoms with van der Waals surface area (Å²) in [4.78, 5) is 43.7. The van der Waals surface area contributed by atoms with Crippen LogP contribution in [0.4, 0.5) is 0 Å². The molecule has 56 heavy (non-hydrogen) atoms. The lowest BCUT2D eigenvalue weighted by molar-refractivity contribution is -0.214. The van der Waals surface area contributed by atoms with E-state index in [0.29, 0.717) is 42.3 Å². The molecule has 0 radical (unpaired) electrons. The van der Waals surface area contributed by atoms with Crippen molar-refractivity contribution in [2.75, 3.05) is 33.7 Å². The molecule has 0 bridgehead atoms. The van der Waals surface area contributed by atoms with Crippen molar-refractivity contribution >= 4 is 29.3 Å². The maximum Gasteiger partial charge on any atom is 0.309 e. The van der Waals surface area contributed by atoms with Gasteiger partial charge in [-0.05, 0) is 143 Å². The SMILES string of the molecule is CC(C)C1=C2C3CCC4C(C)(CCC5C(C)(C)C(OC(=O)CC(C)(C)C(=O)O)CCC54C)C3CCC2(C(O)CN(CCN(C)C)Cc2ccc(Cl)cc2)CC1=O. The van der Waals surface area contributed by atoms with Crippen LogP contribution in [-0.2, 0) is 25.7 Å². The molecule has 9 heteroatoms. The van der Waals surface area contributed by atoms with Crippen molar-refractivity contribution in [2.24, 2.45) is 56.7 Å². The first-order valence-corrected chi connectivity index (χ1v) is 21.9. The van der Waals surface area contributed by atoms with Crippen molar-refractivity contribution in [1.82, 2.24) is 9.80 Å². The normalized spacial score (nSPS) is 34.6. The molecule has 0 aromatic heterocycles. The number of carboxylic acids is 1. The van der Waals surface area contributed by atoms with Crippen LogP contribution < -0.4 is 0 Å². The molecule has 1 aromatic carbocycles. The molecule has 0 saturated heterocycles. The molecule has 1 aromatic rings. The lowest BCUT2D eigenvalue weighted by Crippen LogP contribution is -2.63. The molecule has 8 nitrogen and oxygen atoms in total. The van der Waals surface area contributed by atoms with E-state index in [9.17, 15) is 24.6 Å². The maximum absolute atomic E-state index is 14.2. The summed E-state index contributed by atoms with van der Waals surface area (Å²) in [7, 11) is 4.17. The molecule has 0 aliphatic heterocycles. The number of nitrogens with zero attached hydrogens (tertiary/aromatic N) is 2. The third-order valence-electron chi connectivity index (χ3n) is 16.3. The van der Waals surface area contributed by atoms with Gasteiger partial charge in [-0.2, -0.15) is 0 Å². The first-order valence-electron chi connectivity index (χ1n) is 21.6. The highest BCUT2D eigenvalue weighted by Crippen LogP contribution is 2.73. The number of aliphatic hydroxyl groups is 1. The Kier molecular flexibility index (Phi) is 12.2. The van der Waals surface area contributed by atoms with E-state index in [-0.39, 0.29) is 46.4 Å². The van der Waals surface area contributed by atoms with Crippen LogP contribution in [0.5, 0.6) is 0 Å². The predicted molar refractivity (Wildman–Crippen MR) is 222 cm³/mol. The first-order chi connectivity index (χ1) is 26.1. The number of esters is 1. The highest BCUT2D eigenvalue weighted by Gasteiger charge is 2.67. The van der Waals surface area contributed by atoms with Gasteiger partial charge < -0.3 is 19.8 Å². The third kappa shape index (κ3) is 7.68. The number of hydrogen-bond acceptors (Lipinski definition) is 7. The van der Waals surface area contributed by atoms with Crippen molar-refractivity contribution in [2.45, 2.75) is 138 Å². The molecule has 0 amide bonds. The maximum atomic E-state index is 14.2. The summed E-state index contributed by atoms with van der Waals surface area (Å²) in [6.45, 7) is 20.1. The standard InChI is InChI=1S/C47H71ClN2O6/c1-29(2)40-34(51)25-47(37(52)28-50(24-23-49(9)10)27-30-11-13-31(48)14-12-30)22-17-33-32(41(40)47)15-16-36-45(33,7)20-18-35-44(5,6)38(19-21-46(35,36)8)56-39(53)26-43(3,4)42(54)55/h11-14,29,32-33,35-38,52H,15-28H2,1-10H3,(H,54,55). The molecule has 4 fully saturated rings. The van der Waals surface area contributed by atoms with E-state index in [4.69, 9.17) is 16.3 Å². The summed E-state index contributed by atoms with van der Waals surface area (Å²) >= 11 is 6.23. The molecule has 312 valence electrons. The van der Waals surface area contributed by atoms with Gasteiger partial charge >= 0.3 is 11.9 Å². The Bertz CT molecular complexity index is 1680. The molecule has 5 aliphatic carbocycles. The number of likely N-dealkylation sites (N-methyl/N-ethyl adjacent to an activating group) is 1. The fourth-order valence-electron chi connectivity index (χ4n) is 13.4. The second kappa shape index (κ2) is 15.7. The van der Waals surface area contributed by atoms with Gasteiger partial charge in [-0.1, -0.05) is 70.8 Å². The van der Waals surface area contributed by atoms with E-state index in [1.54, 1.807) is 13.8 Å². The molecule has 6 rings (SSSR count). The lowest BCUT2D eigenvalue weighted by Gasteiger charge is -2.69. The van der Waals surface area contributed by atoms with Crippen LogP contribution in [0.25, 0.3) is 0 Å². The zero-order chi connectivity index (χ0) is 41.2. The quantitative estimate of drug-likeness (QED) is 0.191. The van der Waals surface area contributed by atoms with Gasteiger partial charge in [0.15, 0.2) is 5.78 Å². The number of allylic oxidation sites excluding steroid dienone is 1. The minimum atomic E-state index is -1.17. The number of aliphatic hydroxyl groups excluding tert-OH is 1. The van der Waals surface area contributed by atoms with Crippen LogP contribution >= 0.6 is 11.6 Å². The Morgan fingerprint density at radius 1 is 0.929 bits per heavy atom. The third-order valence-corrected chi connectivity index (χ3v) is 16.5. The molecule has 0 heterocycles. The Balaban J connectivity index is 1.26. The van der Waals surface area contributed by atoms with Gasteiger partial charge in [-0.15, -0.1) is 0 Å². The fourth-order valence-corrected chi connectivity index (χ4v) is 13.6. The lowest BCUT2D eigenvalue weighted by atomic mass is 9.36. The molecule has 9 atom stereocenters. The fraction of sp³-hybridized carbons (Fsp3) is 0.766. The number of ether oxygens (including phenoxy) is 1. The molecule has 4 saturated carbocycles.